The molecule has 1 saturated carbocycles. The number of terminal acetylenes is 1. The number of carbonyl (C=O) groups excluding carboxylic acids is 1. The van der Waals surface area contributed by atoms with Crippen molar-refractivity contribution in [3.8, 4) is 18.1 Å². The fourth-order valence-electron chi connectivity index (χ4n) is 1.77. The van der Waals surface area contributed by atoms with Crippen LogP contribution in [0.2, 0.25) is 0 Å². The summed E-state index contributed by atoms with van der Waals surface area (Å²) >= 11 is 0. The highest BCUT2D eigenvalue weighted by atomic mass is 16.5. The number of hydrogen-bond acceptors (Lipinski definition) is 2. The van der Waals surface area contributed by atoms with E-state index in [1.807, 2.05) is 7.05 Å². The molecule has 1 aliphatic rings. The normalized spacial score (nSPS) is 13.9. The number of hydrogen-bond donors (Lipinski definition) is 0. The lowest BCUT2D eigenvalue weighted by atomic mass is 10.1. The summed E-state index contributed by atoms with van der Waals surface area (Å²) in [5, 5.41) is 0. The van der Waals surface area contributed by atoms with E-state index in [9.17, 15) is 4.79 Å². The Hall–Kier alpha value is -1.95. The van der Waals surface area contributed by atoms with Gasteiger partial charge >= 0.3 is 0 Å². The van der Waals surface area contributed by atoms with Gasteiger partial charge in [0.2, 0.25) is 0 Å². The monoisotopic (exact) mass is 229 g/mol. The third kappa shape index (κ3) is 2.26. The van der Waals surface area contributed by atoms with E-state index in [0.29, 0.717) is 22.9 Å². The molecule has 17 heavy (non-hydrogen) atoms. The summed E-state index contributed by atoms with van der Waals surface area (Å²) in [6.45, 7) is 0. The molecule has 1 aromatic carbocycles. The first-order valence-electron chi connectivity index (χ1n) is 5.59. The number of carbonyl (C=O) groups is 1. The average Bonchev–Trinajstić information content (AvgIpc) is 3.20. The fraction of sp³-hybridized carbons (Fsp3) is 0.357. The predicted molar refractivity (Wildman–Crippen MR) is 66.0 cm³/mol. The summed E-state index contributed by atoms with van der Waals surface area (Å²) in [6.07, 6.45) is 7.57. The van der Waals surface area contributed by atoms with Crippen LogP contribution in [0.5, 0.6) is 5.75 Å². The Balaban J connectivity index is 2.34. The van der Waals surface area contributed by atoms with Gasteiger partial charge in [-0.05, 0) is 31.0 Å². The molecule has 0 aromatic heterocycles. The molecule has 2 rings (SSSR count). The molecule has 1 amide bonds. The van der Waals surface area contributed by atoms with Crippen LogP contribution in [0.1, 0.15) is 28.8 Å². The van der Waals surface area contributed by atoms with Crippen LogP contribution in [0.25, 0.3) is 0 Å². The standard InChI is InChI=1S/C14H15NO2/c1-4-10-5-8-12(17-3)9-13(10)14(16)15(2)11-6-7-11/h1,5,8-9,11H,6-7H2,2-3H3. The van der Waals surface area contributed by atoms with Gasteiger partial charge in [-0.15, -0.1) is 6.42 Å². The lowest BCUT2D eigenvalue weighted by Crippen LogP contribution is -2.29. The average molecular weight is 229 g/mol. The maximum atomic E-state index is 12.2. The molecule has 3 heteroatoms. The second-order valence-corrected chi connectivity index (χ2v) is 4.20. The van der Waals surface area contributed by atoms with Gasteiger partial charge in [0.25, 0.3) is 5.91 Å². The van der Waals surface area contributed by atoms with Gasteiger partial charge in [0.15, 0.2) is 0 Å². The molecule has 0 spiro atoms. The number of benzene rings is 1. The van der Waals surface area contributed by atoms with Crippen molar-refractivity contribution in [3.05, 3.63) is 29.3 Å². The molecule has 1 aromatic rings. The van der Waals surface area contributed by atoms with E-state index in [2.05, 4.69) is 5.92 Å². The second kappa shape index (κ2) is 4.50. The van der Waals surface area contributed by atoms with Crippen LogP contribution in [0.3, 0.4) is 0 Å². The first-order chi connectivity index (χ1) is 8.17. The van der Waals surface area contributed by atoms with Gasteiger partial charge in [-0.3, -0.25) is 4.79 Å². The van der Waals surface area contributed by atoms with Crippen molar-refractivity contribution in [1.82, 2.24) is 4.90 Å². The molecule has 0 heterocycles. The van der Waals surface area contributed by atoms with Crippen LogP contribution >= 0.6 is 0 Å². The van der Waals surface area contributed by atoms with Crippen molar-refractivity contribution < 1.29 is 9.53 Å². The molecule has 1 fully saturated rings. The summed E-state index contributed by atoms with van der Waals surface area (Å²) in [5.41, 5.74) is 1.16. The van der Waals surface area contributed by atoms with E-state index < -0.39 is 0 Å². The van der Waals surface area contributed by atoms with Crippen LogP contribution in [-0.4, -0.2) is 31.0 Å². The van der Waals surface area contributed by atoms with Gasteiger partial charge < -0.3 is 9.64 Å². The number of ether oxygens (including phenoxy) is 1. The molecule has 1 aliphatic carbocycles. The van der Waals surface area contributed by atoms with Gasteiger partial charge in [0.05, 0.1) is 12.7 Å². The van der Waals surface area contributed by atoms with Gasteiger partial charge in [0, 0.05) is 18.7 Å². The molecule has 88 valence electrons. The summed E-state index contributed by atoms with van der Waals surface area (Å²) in [4.78, 5) is 14.0. The third-order valence-electron chi connectivity index (χ3n) is 3.03. The van der Waals surface area contributed by atoms with Crippen molar-refractivity contribution in [2.24, 2.45) is 0 Å². The van der Waals surface area contributed by atoms with E-state index >= 15 is 0 Å². The zero-order valence-electron chi connectivity index (χ0n) is 10.1. The zero-order valence-corrected chi connectivity index (χ0v) is 10.1. The minimum atomic E-state index is -0.0284. The van der Waals surface area contributed by atoms with Gasteiger partial charge in [0.1, 0.15) is 5.75 Å². The largest absolute Gasteiger partial charge is 0.497 e. The maximum absolute atomic E-state index is 12.2. The quantitative estimate of drug-likeness (QED) is 0.741. The lowest BCUT2D eigenvalue weighted by Gasteiger charge is -2.17. The van der Waals surface area contributed by atoms with E-state index in [4.69, 9.17) is 11.2 Å². The Bertz CT molecular complexity index is 483. The molecule has 3 nitrogen and oxygen atoms in total. The van der Waals surface area contributed by atoms with Crippen molar-refractivity contribution >= 4 is 5.91 Å². The number of rotatable bonds is 3. The predicted octanol–water partition coefficient (Wildman–Crippen LogP) is 1.91. The molecule has 0 N–H and O–H groups in total. The van der Waals surface area contributed by atoms with E-state index in [-0.39, 0.29) is 5.91 Å². The molecule has 0 atom stereocenters. The van der Waals surface area contributed by atoms with E-state index in [0.717, 1.165) is 12.8 Å². The highest BCUT2D eigenvalue weighted by Crippen LogP contribution is 2.28. The Morgan fingerprint density at radius 3 is 2.76 bits per heavy atom. The van der Waals surface area contributed by atoms with Crippen LogP contribution in [0, 0.1) is 12.3 Å². The van der Waals surface area contributed by atoms with Crippen molar-refractivity contribution in [1.29, 1.82) is 0 Å². The van der Waals surface area contributed by atoms with Crippen LogP contribution in [0.4, 0.5) is 0 Å². The summed E-state index contributed by atoms with van der Waals surface area (Å²) in [7, 11) is 3.39. The molecule has 0 saturated heterocycles. The number of amides is 1. The number of nitrogens with zero attached hydrogens (tertiary/aromatic N) is 1. The van der Waals surface area contributed by atoms with Crippen molar-refractivity contribution in [3.63, 3.8) is 0 Å². The second-order valence-electron chi connectivity index (χ2n) is 4.20. The minimum Gasteiger partial charge on any atom is -0.497 e. The van der Waals surface area contributed by atoms with E-state index in [1.54, 1.807) is 30.2 Å². The minimum absolute atomic E-state index is 0.0284. The highest BCUT2D eigenvalue weighted by Gasteiger charge is 2.30. The van der Waals surface area contributed by atoms with Crippen LogP contribution in [-0.2, 0) is 0 Å². The first-order valence-corrected chi connectivity index (χ1v) is 5.59. The summed E-state index contributed by atoms with van der Waals surface area (Å²) in [5.74, 6) is 3.16. The third-order valence-corrected chi connectivity index (χ3v) is 3.03. The summed E-state index contributed by atoms with van der Waals surface area (Å²) in [6, 6.07) is 5.59. The topological polar surface area (TPSA) is 29.5 Å². The van der Waals surface area contributed by atoms with Gasteiger partial charge in [-0.2, -0.15) is 0 Å². The zero-order chi connectivity index (χ0) is 12.4. The smallest absolute Gasteiger partial charge is 0.255 e. The maximum Gasteiger partial charge on any atom is 0.255 e. The molecular weight excluding hydrogens is 214 g/mol. The van der Waals surface area contributed by atoms with Gasteiger partial charge in [-0.1, -0.05) is 5.92 Å². The lowest BCUT2D eigenvalue weighted by molar-refractivity contribution is 0.0784. The Kier molecular flexibility index (Phi) is 3.06. The molecular formula is C14H15NO2. The molecule has 0 aliphatic heterocycles. The highest BCUT2D eigenvalue weighted by molar-refractivity contribution is 5.97. The van der Waals surface area contributed by atoms with Crippen LogP contribution in [0.15, 0.2) is 18.2 Å². The Labute approximate surface area is 101 Å². The Morgan fingerprint density at radius 2 is 2.24 bits per heavy atom. The van der Waals surface area contributed by atoms with Crippen LogP contribution < -0.4 is 4.74 Å². The van der Waals surface area contributed by atoms with Gasteiger partial charge in [-0.25, -0.2) is 0 Å². The SMILES string of the molecule is C#Cc1ccc(OC)cc1C(=O)N(C)C1CC1. The molecule has 0 bridgehead atoms. The number of methoxy groups -OCH3 is 1. The fourth-order valence-corrected chi connectivity index (χ4v) is 1.77. The molecule has 0 unspecified atom stereocenters. The summed E-state index contributed by atoms with van der Waals surface area (Å²) < 4.78 is 5.12. The van der Waals surface area contributed by atoms with E-state index in [1.165, 1.54) is 0 Å². The molecule has 0 radical (unpaired) electrons. The Morgan fingerprint density at radius 1 is 1.53 bits per heavy atom. The van der Waals surface area contributed by atoms with Crippen molar-refractivity contribution in [2.75, 3.05) is 14.2 Å². The first kappa shape index (κ1) is 11.5. The van der Waals surface area contributed by atoms with Crippen molar-refractivity contribution in [2.45, 2.75) is 18.9 Å².